The molecule has 0 aliphatic carbocycles. The van der Waals surface area contributed by atoms with E-state index in [0.717, 1.165) is 0 Å². The van der Waals surface area contributed by atoms with Gasteiger partial charge in [0.2, 0.25) is 5.91 Å². The molecule has 3 aromatic heterocycles. The third-order valence-electron chi connectivity index (χ3n) is 6.63. The first-order chi connectivity index (χ1) is 17.6. The van der Waals surface area contributed by atoms with Gasteiger partial charge in [0, 0.05) is 37.8 Å². The molecule has 1 N–H and O–H groups in total. The second kappa shape index (κ2) is 10.2. The van der Waals surface area contributed by atoms with Crippen LogP contribution < -0.4 is 5.32 Å². The molecule has 0 spiro atoms. The van der Waals surface area contributed by atoms with Crippen molar-refractivity contribution in [2.75, 3.05) is 31.5 Å². The zero-order valence-electron chi connectivity index (χ0n) is 20.4. The number of amides is 3. The average Bonchev–Trinajstić information content (AvgIpc) is 3.63. The SMILES string of the molecule is CCN(CC)C(=O)C1CCN(C(=O)Nc2ccc3nc(-c4ccco4)c(-c4ccco4)nc3c2)CC1. The van der Waals surface area contributed by atoms with Gasteiger partial charge in [-0.15, -0.1) is 0 Å². The summed E-state index contributed by atoms with van der Waals surface area (Å²) in [5, 5.41) is 2.97. The number of aromatic nitrogens is 2. The fraction of sp³-hybridized carbons (Fsp3) is 0.333. The van der Waals surface area contributed by atoms with Gasteiger partial charge in [-0.1, -0.05) is 0 Å². The molecule has 0 radical (unpaired) electrons. The first kappa shape index (κ1) is 23.6. The van der Waals surface area contributed by atoms with Crippen LogP contribution in [0.4, 0.5) is 10.5 Å². The maximum absolute atomic E-state index is 12.9. The number of hydrogen-bond donors (Lipinski definition) is 1. The zero-order chi connectivity index (χ0) is 25.1. The van der Waals surface area contributed by atoms with E-state index in [2.05, 4.69) is 5.32 Å². The number of carbonyl (C=O) groups is 2. The van der Waals surface area contributed by atoms with Crippen molar-refractivity contribution >= 4 is 28.7 Å². The second-order valence-electron chi connectivity index (χ2n) is 8.78. The Morgan fingerprint density at radius 2 is 1.56 bits per heavy atom. The molecule has 3 amide bonds. The van der Waals surface area contributed by atoms with E-state index in [-0.39, 0.29) is 17.9 Å². The average molecular weight is 488 g/mol. The number of nitrogens with one attached hydrogen (secondary N) is 1. The van der Waals surface area contributed by atoms with Crippen molar-refractivity contribution in [2.24, 2.45) is 5.92 Å². The fourth-order valence-electron chi connectivity index (χ4n) is 4.63. The van der Waals surface area contributed by atoms with Crippen LogP contribution in [0, 0.1) is 5.92 Å². The second-order valence-corrected chi connectivity index (χ2v) is 8.78. The molecule has 1 saturated heterocycles. The Hall–Kier alpha value is -4.14. The minimum atomic E-state index is -0.186. The predicted molar refractivity (Wildman–Crippen MR) is 136 cm³/mol. The summed E-state index contributed by atoms with van der Waals surface area (Å²) < 4.78 is 11.2. The van der Waals surface area contributed by atoms with Crippen molar-refractivity contribution in [3.05, 3.63) is 55.0 Å². The molecule has 0 saturated carbocycles. The maximum atomic E-state index is 12.9. The summed E-state index contributed by atoms with van der Waals surface area (Å²) in [5.41, 5.74) is 3.06. The van der Waals surface area contributed by atoms with Crippen molar-refractivity contribution in [1.29, 1.82) is 0 Å². The van der Waals surface area contributed by atoms with E-state index in [1.807, 2.05) is 43.0 Å². The maximum Gasteiger partial charge on any atom is 0.321 e. The summed E-state index contributed by atoms with van der Waals surface area (Å²) in [6.07, 6.45) is 4.53. The molecule has 4 heterocycles. The molecule has 5 rings (SSSR count). The zero-order valence-corrected chi connectivity index (χ0v) is 20.4. The van der Waals surface area contributed by atoms with Crippen LogP contribution in [0.2, 0.25) is 0 Å². The van der Waals surface area contributed by atoms with Crippen molar-refractivity contribution in [2.45, 2.75) is 26.7 Å². The van der Waals surface area contributed by atoms with E-state index in [1.54, 1.807) is 35.6 Å². The molecule has 9 heteroatoms. The minimum Gasteiger partial charge on any atom is -0.463 e. The van der Waals surface area contributed by atoms with Crippen LogP contribution >= 0.6 is 0 Å². The molecule has 4 aromatic rings. The molecule has 9 nitrogen and oxygen atoms in total. The number of carbonyl (C=O) groups excluding carboxylic acids is 2. The van der Waals surface area contributed by atoms with Gasteiger partial charge in [-0.3, -0.25) is 4.79 Å². The monoisotopic (exact) mass is 487 g/mol. The number of rotatable bonds is 6. The van der Waals surface area contributed by atoms with Gasteiger partial charge in [-0.05, 0) is 69.2 Å². The van der Waals surface area contributed by atoms with Crippen LogP contribution in [0.15, 0.2) is 63.8 Å². The third-order valence-corrected chi connectivity index (χ3v) is 6.63. The highest BCUT2D eigenvalue weighted by atomic mass is 16.3. The molecule has 1 aromatic carbocycles. The smallest absolute Gasteiger partial charge is 0.321 e. The molecule has 186 valence electrons. The van der Waals surface area contributed by atoms with Crippen molar-refractivity contribution in [3.8, 4) is 22.9 Å². The molecule has 36 heavy (non-hydrogen) atoms. The Bertz CT molecular complexity index is 1340. The van der Waals surface area contributed by atoms with Crippen LogP contribution in [0.5, 0.6) is 0 Å². The van der Waals surface area contributed by atoms with Gasteiger partial charge < -0.3 is 24.0 Å². The van der Waals surface area contributed by atoms with Gasteiger partial charge in [0.25, 0.3) is 0 Å². The molecule has 1 fully saturated rings. The van der Waals surface area contributed by atoms with Crippen molar-refractivity contribution < 1.29 is 18.4 Å². The number of urea groups is 1. The first-order valence-corrected chi connectivity index (χ1v) is 12.3. The third kappa shape index (κ3) is 4.68. The Labute approximate surface area is 209 Å². The summed E-state index contributed by atoms with van der Waals surface area (Å²) in [5.74, 6) is 1.34. The van der Waals surface area contributed by atoms with Crippen molar-refractivity contribution in [3.63, 3.8) is 0 Å². The topological polar surface area (TPSA) is 105 Å². The summed E-state index contributed by atoms with van der Waals surface area (Å²) in [4.78, 5) is 38.8. The van der Waals surface area contributed by atoms with E-state index in [9.17, 15) is 9.59 Å². The number of piperidine rings is 1. The first-order valence-electron chi connectivity index (χ1n) is 12.3. The number of anilines is 1. The van der Waals surface area contributed by atoms with E-state index in [1.165, 1.54) is 0 Å². The lowest BCUT2D eigenvalue weighted by Gasteiger charge is -2.33. The highest BCUT2D eigenvalue weighted by molar-refractivity contribution is 5.93. The van der Waals surface area contributed by atoms with Crippen LogP contribution in [-0.4, -0.2) is 57.9 Å². The Morgan fingerprint density at radius 3 is 2.11 bits per heavy atom. The summed E-state index contributed by atoms with van der Waals surface area (Å²) >= 11 is 0. The fourth-order valence-corrected chi connectivity index (χ4v) is 4.63. The van der Waals surface area contributed by atoms with Gasteiger partial charge in [-0.2, -0.15) is 0 Å². The number of nitrogens with zero attached hydrogens (tertiary/aromatic N) is 4. The van der Waals surface area contributed by atoms with Gasteiger partial charge in [0.05, 0.1) is 23.6 Å². The van der Waals surface area contributed by atoms with Crippen LogP contribution in [0.3, 0.4) is 0 Å². The standard InChI is InChI=1S/C27H29N5O4/c1-3-31(4-2)26(33)18-11-13-32(14-12-18)27(34)28-19-9-10-20-21(17-19)30-25(23-8-6-16-36-23)24(29-20)22-7-5-15-35-22/h5-10,15-18H,3-4,11-14H2,1-2H3,(H,28,34). The molecule has 0 unspecified atom stereocenters. The number of fused-ring (bicyclic) bond motifs is 1. The number of furan rings is 2. The number of benzene rings is 1. The minimum absolute atomic E-state index is 0.0201. The summed E-state index contributed by atoms with van der Waals surface area (Å²) in [6.45, 7) is 6.51. The van der Waals surface area contributed by atoms with Crippen molar-refractivity contribution in [1.82, 2.24) is 19.8 Å². The highest BCUT2D eigenvalue weighted by Crippen LogP contribution is 2.32. The lowest BCUT2D eigenvalue weighted by atomic mass is 9.95. The molecule has 0 atom stereocenters. The van der Waals surface area contributed by atoms with Crippen LogP contribution in [0.1, 0.15) is 26.7 Å². The molecule has 1 aliphatic heterocycles. The lowest BCUT2D eigenvalue weighted by Crippen LogP contribution is -2.45. The number of likely N-dealkylation sites (tertiary alicyclic amines) is 1. The molecule has 0 bridgehead atoms. The van der Waals surface area contributed by atoms with E-state index in [0.29, 0.717) is 78.6 Å². The van der Waals surface area contributed by atoms with Crippen LogP contribution in [0.25, 0.3) is 33.9 Å². The van der Waals surface area contributed by atoms with E-state index >= 15 is 0 Å². The highest BCUT2D eigenvalue weighted by Gasteiger charge is 2.29. The summed E-state index contributed by atoms with van der Waals surface area (Å²) in [7, 11) is 0. The predicted octanol–water partition coefficient (Wildman–Crippen LogP) is 5.26. The van der Waals surface area contributed by atoms with Gasteiger partial charge in [0.1, 0.15) is 11.4 Å². The Balaban J connectivity index is 1.32. The molecular formula is C27H29N5O4. The van der Waals surface area contributed by atoms with E-state index in [4.69, 9.17) is 18.8 Å². The van der Waals surface area contributed by atoms with Crippen LogP contribution in [-0.2, 0) is 4.79 Å². The van der Waals surface area contributed by atoms with Gasteiger partial charge in [0.15, 0.2) is 11.5 Å². The Morgan fingerprint density at radius 1 is 0.944 bits per heavy atom. The molecular weight excluding hydrogens is 458 g/mol. The quantitative estimate of drug-likeness (QED) is 0.398. The lowest BCUT2D eigenvalue weighted by molar-refractivity contribution is -0.136. The number of hydrogen-bond acceptors (Lipinski definition) is 6. The van der Waals surface area contributed by atoms with Gasteiger partial charge in [-0.25, -0.2) is 14.8 Å². The largest absolute Gasteiger partial charge is 0.463 e. The molecule has 1 aliphatic rings. The van der Waals surface area contributed by atoms with E-state index < -0.39 is 0 Å². The summed E-state index contributed by atoms with van der Waals surface area (Å²) in [6, 6.07) is 12.5. The van der Waals surface area contributed by atoms with Gasteiger partial charge >= 0.3 is 6.03 Å². The normalized spacial score (nSPS) is 14.2. The Kier molecular flexibility index (Phi) is 6.71.